The van der Waals surface area contributed by atoms with Crippen molar-refractivity contribution in [3.05, 3.63) is 17.0 Å². The number of rotatable bonds is 4. The Hall–Kier alpha value is -0.470. The summed E-state index contributed by atoms with van der Waals surface area (Å²) in [6.45, 7) is 2.27. The Morgan fingerprint density at radius 2 is 2.11 bits per heavy atom. The van der Waals surface area contributed by atoms with E-state index in [0.717, 1.165) is 31.5 Å². The molecule has 5 nitrogen and oxygen atoms in total. The van der Waals surface area contributed by atoms with E-state index in [9.17, 15) is 8.42 Å². The van der Waals surface area contributed by atoms with E-state index in [1.807, 2.05) is 5.38 Å². The maximum absolute atomic E-state index is 12.5. The summed E-state index contributed by atoms with van der Waals surface area (Å²) in [4.78, 5) is 2.23. The summed E-state index contributed by atoms with van der Waals surface area (Å²) in [5.74, 6) is 0. The molecule has 1 aromatic rings. The Morgan fingerprint density at radius 1 is 1.47 bits per heavy atom. The highest BCUT2D eigenvalue weighted by Gasteiger charge is 2.30. The number of sulfonamides is 1. The van der Waals surface area contributed by atoms with Crippen molar-refractivity contribution in [2.75, 3.05) is 27.2 Å². The summed E-state index contributed by atoms with van der Waals surface area (Å²) in [5.41, 5.74) is 6.41. The van der Waals surface area contributed by atoms with Crippen molar-refractivity contribution in [1.82, 2.24) is 9.21 Å². The molecule has 0 bridgehead atoms. The lowest BCUT2D eigenvalue weighted by Gasteiger charge is -2.34. The topological polar surface area (TPSA) is 66.6 Å². The fraction of sp³-hybridized carbons (Fsp3) is 0.667. The Bertz CT molecular complexity index is 519. The molecule has 1 aliphatic rings. The van der Waals surface area contributed by atoms with Crippen LogP contribution in [0.5, 0.6) is 0 Å². The third-order valence-corrected chi connectivity index (χ3v) is 7.08. The van der Waals surface area contributed by atoms with E-state index in [4.69, 9.17) is 5.73 Å². The van der Waals surface area contributed by atoms with Crippen LogP contribution < -0.4 is 5.73 Å². The molecule has 1 aromatic heterocycles. The molecule has 1 saturated heterocycles. The molecular weight excluding hydrogens is 282 g/mol. The summed E-state index contributed by atoms with van der Waals surface area (Å²) < 4.78 is 27.0. The quantitative estimate of drug-likeness (QED) is 0.898. The minimum absolute atomic E-state index is 0.102. The van der Waals surface area contributed by atoms with Gasteiger partial charge in [0.15, 0.2) is 0 Å². The van der Waals surface area contributed by atoms with Gasteiger partial charge in [-0.1, -0.05) is 0 Å². The number of nitrogens with two attached hydrogens (primary N) is 1. The van der Waals surface area contributed by atoms with Crippen molar-refractivity contribution in [3.63, 3.8) is 0 Å². The maximum atomic E-state index is 12.5. The Balaban J connectivity index is 2.14. The van der Waals surface area contributed by atoms with Crippen molar-refractivity contribution in [2.45, 2.75) is 29.6 Å². The van der Waals surface area contributed by atoms with Gasteiger partial charge in [0, 0.05) is 19.6 Å². The van der Waals surface area contributed by atoms with E-state index in [-0.39, 0.29) is 6.04 Å². The van der Waals surface area contributed by atoms with Crippen LogP contribution in [0.3, 0.4) is 0 Å². The average molecular weight is 303 g/mol. The zero-order valence-corrected chi connectivity index (χ0v) is 13.0. The molecule has 0 saturated carbocycles. The summed E-state index contributed by atoms with van der Waals surface area (Å²) in [6, 6.07) is 1.79. The molecule has 0 unspecified atom stereocenters. The number of hydrogen-bond acceptors (Lipinski definition) is 5. The van der Waals surface area contributed by atoms with Crippen LogP contribution in [-0.2, 0) is 16.6 Å². The summed E-state index contributed by atoms with van der Waals surface area (Å²) in [7, 11) is 0.387. The molecule has 2 rings (SSSR count). The zero-order chi connectivity index (χ0) is 14.0. The minimum atomic E-state index is -3.37. The van der Waals surface area contributed by atoms with Gasteiger partial charge in [-0.25, -0.2) is 8.42 Å². The molecular formula is C12H21N3O2S2. The second-order valence-corrected chi connectivity index (χ2v) is 8.17. The molecule has 7 heteroatoms. The fourth-order valence-electron chi connectivity index (χ4n) is 2.29. The van der Waals surface area contributed by atoms with Crippen molar-refractivity contribution < 1.29 is 8.42 Å². The number of likely N-dealkylation sites (tertiary alicyclic amines) is 1. The van der Waals surface area contributed by atoms with Crippen molar-refractivity contribution in [2.24, 2.45) is 5.73 Å². The molecule has 0 radical (unpaired) electrons. The van der Waals surface area contributed by atoms with Crippen LogP contribution in [0, 0.1) is 0 Å². The number of nitrogens with zero attached hydrogens (tertiary/aromatic N) is 2. The SMILES string of the molecule is CN1CCC(N(C)S(=O)(=O)c2cc(CN)cs2)CC1. The molecule has 2 N–H and O–H groups in total. The Kier molecular flexibility index (Phi) is 4.62. The van der Waals surface area contributed by atoms with Gasteiger partial charge in [0.1, 0.15) is 4.21 Å². The Morgan fingerprint density at radius 3 is 2.63 bits per heavy atom. The molecule has 19 heavy (non-hydrogen) atoms. The largest absolute Gasteiger partial charge is 0.326 e. The maximum Gasteiger partial charge on any atom is 0.252 e. The van der Waals surface area contributed by atoms with E-state index in [2.05, 4.69) is 11.9 Å². The first-order valence-electron chi connectivity index (χ1n) is 6.39. The van der Waals surface area contributed by atoms with Crippen LogP contribution in [-0.4, -0.2) is 50.8 Å². The van der Waals surface area contributed by atoms with Crippen LogP contribution in [0.15, 0.2) is 15.7 Å². The molecule has 0 spiro atoms. The first-order valence-corrected chi connectivity index (χ1v) is 8.71. The van der Waals surface area contributed by atoms with Gasteiger partial charge in [0.25, 0.3) is 10.0 Å². The van der Waals surface area contributed by atoms with E-state index in [1.54, 1.807) is 13.1 Å². The van der Waals surface area contributed by atoms with Gasteiger partial charge < -0.3 is 10.6 Å². The van der Waals surface area contributed by atoms with Gasteiger partial charge in [-0.2, -0.15) is 4.31 Å². The van der Waals surface area contributed by atoms with Crippen LogP contribution in [0.1, 0.15) is 18.4 Å². The molecule has 1 fully saturated rings. The third-order valence-electron chi connectivity index (χ3n) is 3.70. The standard InChI is InChI=1S/C12H21N3O2S2/c1-14-5-3-11(4-6-14)15(2)19(16,17)12-7-10(8-13)9-18-12/h7,9,11H,3-6,8,13H2,1-2H3. The van der Waals surface area contributed by atoms with Gasteiger partial charge in [-0.15, -0.1) is 11.3 Å². The van der Waals surface area contributed by atoms with Crippen LogP contribution >= 0.6 is 11.3 Å². The van der Waals surface area contributed by atoms with Crippen molar-refractivity contribution in [3.8, 4) is 0 Å². The van der Waals surface area contributed by atoms with Crippen LogP contribution in [0.4, 0.5) is 0 Å². The smallest absolute Gasteiger partial charge is 0.252 e. The average Bonchev–Trinajstić information content (AvgIpc) is 2.88. The van der Waals surface area contributed by atoms with E-state index < -0.39 is 10.0 Å². The lowest BCUT2D eigenvalue weighted by atomic mass is 10.1. The summed E-state index contributed by atoms with van der Waals surface area (Å²) >= 11 is 1.25. The fourth-order valence-corrected chi connectivity index (χ4v) is 5.11. The second-order valence-electron chi connectivity index (χ2n) is 5.03. The minimum Gasteiger partial charge on any atom is -0.326 e. The molecule has 0 atom stereocenters. The number of hydrogen-bond donors (Lipinski definition) is 1. The summed E-state index contributed by atoms with van der Waals surface area (Å²) in [5, 5.41) is 1.81. The predicted molar refractivity (Wildman–Crippen MR) is 77.7 cm³/mol. The highest BCUT2D eigenvalue weighted by molar-refractivity contribution is 7.91. The molecule has 0 aromatic carbocycles. The van der Waals surface area contributed by atoms with E-state index in [0.29, 0.717) is 10.8 Å². The molecule has 2 heterocycles. The lowest BCUT2D eigenvalue weighted by Crippen LogP contribution is -2.44. The van der Waals surface area contributed by atoms with Gasteiger partial charge >= 0.3 is 0 Å². The molecule has 1 aliphatic heterocycles. The van der Waals surface area contributed by atoms with Crippen LogP contribution in [0.2, 0.25) is 0 Å². The molecule has 108 valence electrons. The molecule has 0 amide bonds. The number of piperidine rings is 1. The van der Waals surface area contributed by atoms with E-state index >= 15 is 0 Å². The van der Waals surface area contributed by atoms with Gasteiger partial charge in [-0.3, -0.25) is 0 Å². The molecule has 0 aliphatic carbocycles. The van der Waals surface area contributed by atoms with Gasteiger partial charge in [-0.05, 0) is 50.0 Å². The zero-order valence-electron chi connectivity index (χ0n) is 11.4. The van der Waals surface area contributed by atoms with E-state index in [1.165, 1.54) is 15.6 Å². The normalized spacial score (nSPS) is 19.2. The van der Waals surface area contributed by atoms with Gasteiger partial charge in [0.2, 0.25) is 0 Å². The van der Waals surface area contributed by atoms with Crippen LogP contribution in [0.25, 0.3) is 0 Å². The highest BCUT2D eigenvalue weighted by Crippen LogP contribution is 2.26. The predicted octanol–water partition coefficient (Wildman–Crippen LogP) is 0.921. The van der Waals surface area contributed by atoms with Crippen molar-refractivity contribution in [1.29, 1.82) is 0 Å². The first-order chi connectivity index (χ1) is 8.95. The van der Waals surface area contributed by atoms with Crippen molar-refractivity contribution >= 4 is 21.4 Å². The van der Waals surface area contributed by atoms with Gasteiger partial charge in [0.05, 0.1) is 0 Å². The third kappa shape index (κ3) is 3.17. The first kappa shape index (κ1) is 14.9. The number of thiophene rings is 1. The monoisotopic (exact) mass is 303 g/mol. The second kappa shape index (κ2) is 5.88. The lowest BCUT2D eigenvalue weighted by molar-refractivity contribution is 0.198. The highest BCUT2D eigenvalue weighted by atomic mass is 32.2. The summed E-state index contributed by atoms with van der Waals surface area (Å²) in [6.07, 6.45) is 1.78. The Labute approximate surface area is 119 Å².